The first kappa shape index (κ1) is 16.9. The molecule has 0 spiro atoms. The number of likely N-dealkylation sites (tertiary alicyclic amines) is 1. The number of ether oxygens (including phenoxy) is 1. The zero-order valence-corrected chi connectivity index (χ0v) is 13.9. The van der Waals surface area contributed by atoms with E-state index in [1.807, 2.05) is 35.2 Å². The molecule has 2 aliphatic rings. The molecule has 2 heterocycles. The topological polar surface area (TPSA) is 61.9 Å². The minimum Gasteiger partial charge on any atom is -0.371 e. The van der Waals surface area contributed by atoms with Gasteiger partial charge in [0.25, 0.3) is 0 Å². The Morgan fingerprint density at radius 2 is 1.88 bits per heavy atom. The van der Waals surface area contributed by atoms with Gasteiger partial charge in [0.05, 0.1) is 25.8 Å². The van der Waals surface area contributed by atoms with Gasteiger partial charge in [-0.2, -0.15) is 0 Å². The first-order chi connectivity index (χ1) is 11.7. The van der Waals surface area contributed by atoms with Crippen molar-refractivity contribution in [3.05, 3.63) is 35.9 Å². The fourth-order valence-corrected chi connectivity index (χ4v) is 3.23. The third-order valence-corrected chi connectivity index (χ3v) is 4.58. The van der Waals surface area contributed by atoms with Crippen molar-refractivity contribution in [1.82, 2.24) is 15.1 Å². The molecule has 0 aliphatic carbocycles. The van der Waals surface area contributed by atoms with Crippen molar-refractivity contribution in [1.29, 1.82) is 0 Å². The molecule has 2 saturated heterocycles. The van der Waals surface area contributed by atoms with Crippen LogP contribution in [0.5, 0.6) is 0 Å². The minimum atomic E-state index is -0.101. The molecule has 1 aromatic rings. The molecule has 130 valence electrons. The highest BCUT2D eigenvalue weighted by molar-refractivity contribution is 5.85. The van der Waals surface area contributed by atoms with Crippen LogP contribution < -0.4 is 5.32 Å². The van der Waals surface area contributed by atoms with Crippen molar-refractivity contribution in [2.75, 3.05) is 45.9 Å². The van der Waals surface area contributed by atoms with Gasteiger partial charge in [-0.3, -0.25) is 14.5 Å². The summed E-state index contributed by atoms with van der Waals surface area (Å²) in [5, 5.41) is 2.75. The fourth-order valence-electron chi connectivity index (χ4n) is 3.23. The number of benzene rings is 1. The molecular formula is C18H25N3O3. The zero-order valence-electron chi connectivity index (χ0n) is 13.9. The minimum absolute atomic E-state index is 0.000943. The summed E-state index contributed by atoms with van der Waals surface area (Å²) in [5.74, 6) is -0.0822. The van der Waals surface area contributed by atoms with Crippen molar-refractivity contribution < 1.29 is 14.3 Å². The number of hydrogen-bond donors (Lipinski definition) is 1. The quantitative estimate of drug-likeness (QED) is 0.867. The molecule has 2 fully saturated rings. The third kappa shape index (κ3) is 4.55. The number of carbonyl (C=O) groups is 2. The van der Waals surface area contributed by atoms with Crippen LogP contribution >= 0.6 is 0 Å². The zero-order chi connectivity index (χ0) is 16.8. The van der Waals surface area contributed by atoms with Gasteiger partial charge < -0.3 is 15.0 Å². The molecule has 6 nitrogen and oxygen atoms in total. The van der Waals surface area contributed by atoms with Crippen molar-refractivity contribution in [2.24, 2.45) is 0 Å². The summed E-state index contributed by atoms with van der Waals surface area (Å²) in [5.41, 5.74) is 1.13. The average Bonchev–Trinajstić information content (AvgIpc) is 3.15. The smallest absolute Gasteiger partial charge is 0.241 e. The van der Waals surface area contributed by atoms with Gasteiger partial charge in [0, 0.05) is 26.2 Å². The van der Waals surface area contributed by atoms with Gasteiger partial charge >= 0.3 is 0 Å². The van der Waals surface area contributed by atoms with E-state index in [4.69, 9.17) is 4.74 Å². The van der Waals surface area contributed by atoms with Gasteiger partial charge in [-0.05, 0) is 18.4 Å². The highest BCUT2D eigenvalue weighted by atomic mass is 16.5. The molecule has 2 amide bonds. The van der Waals surface area contributed by atoms with Crippen molar-refractivity contribution in [3.8, 4) is 0 Å². The van der Waals surface area contributed by atoms with Gasteiger partial charge in [0.2, 0.25) is 11.8 Å². The van der Waals surface area contributed by atoms with E-state index >= 15 is 0 Å². The Hall–Kier alpha value is -1.92. The Labute approximate surface area is 142 Å². The summed E-state index contributed by atoms with van der Waals surface area (Å²) in [4.78, 5) is 28.0. The number of amides is 2. The monoisotopic (exact) mass is 331 g/mol. The summed E-state index contributed by atoms with van der Waals surface area (Å²) in [6.45, 7) is 4.08. The number of carbonyl (C=O) groups excluding carboxylic acids is 2. The lowest BCUT2D eigenvalue weighted by atomic mass is 10.1. The molecule has 1 N–H and O–H groups in total. The average molecular weight is 331 g/mol. The fraction of sp³-hybridized carbons (Fsp3) is 0.556. The Kier molecular flexibility index (Phi) is 5.82. The van der Waals surface area contributed by atoms with E-state index in [2.05, 4.69) is 10.2 Å². The Balaban J connectivity index is 1.43. The molecule has 0 radical (unpaired) electrons. The van der Waals surface area contributed by atoms with Crippen LogP contribution in [0.25, 0.3) is 0 Å². The molecule has 2 aliphatic heterocycles. The number of morpholine rings is 1. The molecule has 1 atom stereocenters. The van der Waals surface area contributed by atoms with Gasteiger partial charge in [-0.25, -0.2) is 0 Å². The Morgan fingerprint density at radius 3 is 2.62 bits per heavy atom. The maximum Gasteiger partial charge on any atom is 0.241 e. The predicted molar refractivity (Wildman–Crippen MR) is 90.4 cm³/mol. The van der Waals surface area contributed by atoms with Crippen LogP contribution in [0, 0.1) is 0 Å². The van der Waals surface area contributed by atoms with E-state index in [0.717, 1.165) is 38.0 Å². The van der Waals surface area contributed by atoms with E-state index in [1.54, 1.807) is 0 Å². The van der Waals surface area contributed by atoms with Crippen LogP contribution in [-0.2, 0) is 14.3 Å². The molecule has 1 unspecified atom stereocenters. The van der Waals surface area contributed by atoms with E-state index in [9.17, 15) is 9.59 Å². The number of hydrogen-bond acceptors (Lipinski definition) is 4. The Morgan fingerprint density at radius 1 is 1.12 bits per heavy atom. The van der Waals surface area contributed by atoms with Crippen molar-refractivity contribution >= 4 is 11.8 Å². The van der Waals surface area contributed by atoms with Crippen LogP contribution in [0.2, 0.25) is 0 Å². The van der Waals surface area contributed by atoms with Crippen LogP contribution in [0.15, 0.2) is 30.3 Å². The molecule has 24 heavy (non-hydrogen) atoms. The number of nitrogens with one attached hydrogen (secondary N) is 1. The second-order valence-electron chi connectivity index (χ2n) is 6.37. The summed E-state index contributed by atoms with van der Waals surface area (Å²) in [6.07, 6.45) is 2.13. The van der Waals surface area contributed by atoms with Gasteiger partial charge in [0.1, 0.15) is 0 Å². The number of rotatable bonds is 5. The van der Waals surface area contributed by atoms with Crippen molar-refractivity contribution in [3.63, 3.8) is 0 Å². The third-order valence-electron chi connectivity index (χ3n) is 4.58. The van der Waals surface area contributed by atoms with E-state index in [1.165, 1.54) is 0 Å². The van der Waals surface area contributed by atoms with Gasteiger partial charge in [-0.1, -0.05) is 30.3 Å². The molecule has 0 bridgehead atoms. The second-order valence-corrected chi connectivity index (χ2v) is 6.37. The number of nitrogens with zero attached hydrogens (tertiary/aromatic N) is 2. The van der Waals surface area contributed by atoms with Crippen LogP contribution in [-0.4, -0.2) is 67.5 Å². The van der Waals surface area contributed by atoms with E-state index < -0.39 is 0 Å². The molecule has 0 aromatic heterocycles. The standard InChI is InChI=1S/C18H25N3O3/c22-17(19-12-18(23)21-8-4-5-9-21)14-20-10-11-24-16(13-20)15-6-2-1-3-7-15/h1-3,6-7,16H,4-5,8-14H2,(H,19,22). The largest absolute Gasteiger partial charge is 0.371 e. The predicted octanol–water partition coefficient (Wildman–Crippen LogP) is 0.799. The van der Waals surface area contributed by atoms with E-state index in [-0.39, 0.29) is 24.5 Å². The first-order valence-electron chi connectivity index (χ1n) is 8.66. The maximum atomic E-state index is 12.1. The molecule has 1 aromatic carbocycles. The highest BCUT2D eigenvalue weighted by Gasteiger charge is 2.24. The van der Waals surface area contributed by atoms with E-state index in [0.29, 0.717) is 19.7 Å². The lowest BCUT2D eigenvalue weighted by Gasteiger charge is -2.32. The summed E-state index contributed by atoms with van der Waals surface area (Å²) >= 11 is 0. The molecule has 6 heteroatoms. The Bertz CT molecular complexity index is 558. The highest BCUT2D eigenvalue weighted by Crippen LogP contribution is 2.21. The summed E-state index contributed by atoms with van der Waals surface area (Å²) in [6, 6.07) is 10.1. The lowest BCUT2D eigenvalue weighted by Crippen LogP contribution is -2.46. The molecule has 3 rings (SSSR count). The van der Waals surface area contributed by atoms with Gasteiger partial charge in [0.15, 0.2) is 0 Å². The second kappa shape index (κ2) is 8.26. The normalized spacial score (nSPS) is 21.7. The van der Waals surface area contributed by atoms with Crippen LogP contribution in [0.1, 0.15) is 24.5 Å². The summed E-state index contributed by atoms with van der Waals surface area (Å²) < 4.78 is 5.81. The van der Waals surface area contributed by atoms with Crippen LogP contribution in [0.3, 0.4) is 0 Å². The first-order valence-corrected chi connectivity index (χ1v) is 8.66. The molecule has 0 saturated carbocycles. The SMILES string of the molecule is O=C(CN1CCOC(c2ccccc2)C1)NCC(=O)N1CCCC1. The van der Waals surface area contributed by atoms with Gasteiger partial charge in [-0.15, -0.1) is 0 Å². The van der Waals surface area contributed by atoms with Crippen LogP contribution in [0.4, 0.5) is 0 Å². The van der Waals surface area contributed by atoms with Crippen molar-refractivity contribution in [2.45, 2.75) is 18.9 Å². The maximum absolute atomic E-state index is 12.1. The molecular weight excluding hydrogens is 306 g/mol. The lowest BCUT2D eigenvalue weighted by molar-refractivity contribution is -0.132. The summed E-state index contributed by atoms with van der Waals surface area (Å²) in [7, 11) is 0.